The Hall–Kier alpha value is -2.89. The summed E-state index contributed by atoms with van der Waals surface area (Å²) in [5.74, 6) is 0.623. The van der Waals surface area contributed by atoms with E-state index in [2.05, 4.69) is 9.97 Å². The van der Waals surface area contributed by atoms with Crippen molar-refractivity contribution in [2.45, 2.75) is 19.9 Å². The van der Waals surface area contributed by atoms with Crippen LogP contribution < -0.4 is 4.74 Å². The molecule has 0 unspecified atom stereocenters. The Balaban J connectivity index is 2.12. The van der Waals surface area contributed by atoms with E-state index in [4.69, 9.17) is 9.84 Å². The third-order valence-electron chi connectivity index (χ3n) is 3.62. The molecule has 0 bridgehead atoms. The maximum atomic E-state index is 10.9. The predicted octanol–water partition coefficient (Wildman–Crippen LogP) is 2.89. The summed E-state index contributed by atoms with van der Waals surface area (Å²) in [4.78, 5) is 20.0. The highest BCUT2D eigenvalue weighted by Crippen LogP contribution is 2.26. The maximum absolute atomic E-state index is 10.9. The highest BCUT2D eigenvalue weighted by molar-refractivity contribution is 5.78. The van der Waals surface area contributed by atoms with Crippen molar-refractivity contribution in [1.29, 1.82) is 0 Å². The second-order valence-corrected chi connectivity index (χ2v) is 5.31. The Morgan fingerprint density at radius 3 is 2.70 bits per heavy atom. The van der Waals surface area contributed by atoms with Gasteiger partial charge >= 0.3 is 5.97 Å². The third kappa shape index (κ3) is 3.01. The summed E-state index contributed by atoms with van der Waals surface area (Å²) in [6.07, 6.45) is 1.78. The van der Waals surface area contributed by atoms with Crippen molar-refractivity contribution in [1.82, 2.24) is 14.5 Å². The molecule has 6 nitrogen and oxygen atoms in total. The van der Waals surface area contributed by atoms with E-state index in [1.54, 1.807) is 13.3 Å². The Labute approximate surface area is 133 Å². The number of hydrogen-bond donors (Lipinski definition) is 1. The average molecular weight is 311 g/mol. The molecule has 1 aromatic carbocycles. The highest BCUT2D eigenvalue weighted by atomic mass is 16.5. The van der Waals surface area contributed by atoms with Crippen molar-refractivity contribution in [2.24, 2.45) is 0 Å². The molecule has 3 rings (SSSR count). The number of carboxylic acids is 1. The van der Waals surface area contributed by atoms with Gasteiger partial charge < -0.3 is 14.4 Å². The molecule has 0 aliphatic heterocycles. The summed E-state index contributed by atoms with van der Waals surface area (Å²) in [5, 5.41) is 8.99. The lowest BCUT2D eigenvalue weighted by Crippen LogP contribution is -2.06. The molecule has 0 aliphatic rings. The van der Waals surface area contributed by atoms with Gasteiger partial charge in [0.15, 0.2) is 5.65 Å². The minimum absolute atomic E-state index is 0.0180. The third-order valence-corrected chi connectivity index (χ3v) is 3.62. The normalized spacial score (nSPS) is 10.9. The molecular formula is C17H17N3O3. The minimum atomic E-state index is -0.848. The first kappa shape index (κ1) is 15.0. The number of benzene rings is 1. The zero-order valence-electron chi connectivity index (χ0n) is 13.0. The molecular weight excluding hydrogens is 294 g/mol. The van der Waals surface area contributed by atoms with Crippen LogP contribution in [0.3, 0.4) is 0 Å². The summed E-state index contributed by atoms with van der Waals surface area (Å²) in [6.45, 7) is 2.28. The molecule has 2 aromatic heterocycles. The number of aromatic nitrogens is 3. The molecule has 0 saturated carbocycles. The zero-order chi connectivity index (χ0) is 16.4. The van der Waals surface area contributed by atoms with E-state index in [1.165, 1.54) is 0 Å². The number of rotatable bonds is 5. The van der Waals surface area contributed by atoms with Gasteiger partial charge in [0.1, 0.15) is 17.1 Å². The molecule has 0 saturated heterocycles. The lowest BCUT2D eigenvalue weighted by Gasteiger charge is -2.08. The smallest absolute Gasteiger partial charge is 0.305 e. The molecule has 6 heteroatoms. The molecule has 3 aromatic rings. The fraction of sp³-hybridized carbons (Fsp3) is 0.235. The van der Waals surface area contributed by atoms with Crippen LogP contribution in [0.4, 0.5) is 0 Å². The number of aliphatic carboxylic acids is 1. The van der Waals surface area contributed by atoms with Crippen LogP contribution >= 0.6 is 0 Å². The van der Waals surface area contributed by atoms with Crippen LogP contribution in [0.25, 0.3) is 22.6 Å². The SMILES string of the molecule is COc1ccc(-c2nc3cc(C)cnc3n2CCC(=O)O)cc1. The van der Waals surface area contributed by atoms with Crippen molar-refractivity contribution in [2.75, 3.05) is 7.11 Å². The first-order valence-electron chi connectivity index (χ1n) is 7.27. The number of imidazole rings is 1. The number of nitrogens with zero attached hydrogens (tertiary/aromatic N) is 3. The van der Waals surface area contributed by atoms with E-state index in [9.17, 15) is 4.79 Å². The van der Waals surface area contributed by atoms with Crippen LogP contribution in [0.2, 0.25) is 0 Å². The van der Waals surface area contributed by atoms with Gasteiger partial charge in [0.05, 0.1) is 13.5 Å². The Morgan fingerprint density at radius 1 is 1.30 bits per heavy atom. The highest BCUT2D eigenvalue weighted by Gasteiger charge is 2.15. The van der Waals surface area contributed by atoms with Gasteiger partial charge in [-0.1, -0.05) is 0 Å². The van der Waals surface area contributed by atoms with E-state index >= 15 is 0 Å². The number of carbonyl (C=O) groups is 1. The van der Waals surface area contributed by atoms with Gasteiger partial charge in [-0.3, -0.25) is 4.79 Å². The molecule has 0 fully saturated rings. The van der Waals surface area contributed by atoms with Gasteiger partial charge in [-0.05, 0) is 42.8 Å². The predicted molar refractivity (Wildman–Crippen MR) is 86.5 cm³/mol. The standard InChI is InChI=1S/C17H17N3O3/c1-11-9-14-17(18-10-11)20(8-7-15(21)22)16(19-14)12-3-5-13(23-2)6-4-12/h3-6,9-10H,7-8H2,1-2H3,(H,21,22). The average Bonchev–Trinajstić information content (AvgIpc) is 2.90. The second kappa shape index (κ2) is 6.08. The molecule has 0 amide bonds. The van der Waals surface area contributed by atoms with Gasteiger partial charge in [0.25, 0.3) is 0 Å². The summed E-state index contributed by atoms with van der Waals surface area (Å²) in [5.41, 5.74) is 3.37. The number of ether oxygens (including phenoxy) is 1. The zero-order valence-corrected chi connectivity index (χ0v) is 13.0. The fourth-order valence-corrected chi connectivity index (χ4v) is 2.49. The quantitative estimate of drug-likeness (QED) is 0.784. The van der Waals surface area contributed by atoms with E-state index < -0.39 is 5.97 Å². The van der Waals surface area contributed by atoms with E-state index in [-0.39, 0.29) is 6.42 Å². The molecule has 2 heterocycles. The summed E-state index contributed by atoms with van der Waals surface area (Å²) >= 11 is 0. The van der Waals surface area contributed by atoms with Crippen LogP contribution in [0, 0.1) is 6.92 Å². The Morgan fingerprint density at radius 2 is 2.04 bits per heavy atom. The monoisotopic (exact) mass is 311 g/mol. The van der Waals surface area contributed by atoms with E-state index in [0.29, 0.717) is 18.0 Å². The molecule has 23 heavy (non-hydrogen) atoms. The Bertz CT molecular complexity index is 853. The van der Waals surface area contributed by atoms with Crippen LogP contribution in [0.1, 0.15) is 12.0 Å². The van der Waals surface area contributed by atoms with Crippen molar-refractivity contribution in [3.63, 3.8) is 0 Å². The van der Waals surface area contributed by atoms with Gasteiger partial charge in [0, 0.05) is 18.3 Å². The van der Waals surface area contributed by atoms with Crippen LogP contribution in [-0.4, -0.2) is 32.7 Å². The van der Waals surface area contributed by atoms with E-state index in [1.807, 2.05) is 41.8 Å². The minimum Gasteiger partial charge on any atom is -0.497 e. The molecule has 0 spiro atoms. The molecule has 0 aliphatic carbocycles. The molecule has 1 N–H and O–H groups in total. The number of methoxy groups -OCH3 is 1. The first-order chi connectivity index (χ1) is 11.1. The lowest BCUT2D eigenvalue weighted by molar-refractivity contribution is -0.137. The maximum Gasteiger partial charge on any atom is 0.305 e. The summed E-state index contributed by atoms with van der Waals surface area (Å²) < 4.78 is 7.02. The number of fused-ring (bicyclic) bond motifs is 1. The summed E-state index contributed by atoms with van der Waals surface area (Å²) in [6, 6.07) is 9.48. The van der Waals surface area contributed by atoms with E-state index in [0.717, 1.165) is 22.4 Å². The van der Waals surface area contributed by atoms with Crippen molar-refractivity contribution < 1.29 is 14.6 Å². The van der Waals surface area contributed by atoms with Gasteiger partial charge in [0.2, 0.25) is 0 Å². The molecule has 0 atom stereocenters. The van der Waals surface area contributed by atoms with Gasteiger partial charge in [-0.2, -0.15) is 0 Å². The topological polar surface area (TPSA) is 77.2 Å². The summed E-state index contributed by atoms with van der Waals surface area (Å²) in [7, 11) is 1.61. The first-order valence-corrected chi connectivity index (χ1v) is 7.27. The van der Waals surface area contributed by atoms with Crippen LogP contribution in [0.15, 0.2) is 36.5 Å². The van der Waals surface area contributed by atoms with Gasteiger partial charge in [-0.15, -0.1) is 0 Å². The molecule has 0 radical (unpaired) electrons. The Kier molecular flexibility index (Phi) is 3.97. The van der Waals surface area contributed by atoms with Gasteiger partial charge in [-0.25, -0.2) is 9.97 Å². The van der Waals surface area contributed by atoms with Crippen LogP contribution in [0.5, 0.6) is 5.75 Å². The van der Waals surface area contributed by atoms with Crippen molar-refractivity contribution in [3.05, 3.63) is 42.1 Å². The number of aryl methyl sites for hydroxylation is 2. The number of carboxylic acid groups (broad SMARTS) is 1. The largest absolute Gasteiger partial charge is 0.497 e. The van der Waals surface area contributed by atoms with Crippen molar-refractivity contribution in [3.8, 4) is 17.1 Å². The number of pyridine rings is 1. The lowest BCUT2D eigenvalue weighted by atomic mass is 10.2. The molecule has 118 valence electrons. The fourth-order valence-electron chi connectivity index (χ4n) is 2.49. The second-order valence-electron chi connectivity index (χ2n) is 5.31. The van der Waals surface area contributed by atoms with Crippen molar-refractivity contribution >= 4 is 17.1 Å². The van der Waals surface area contributed by atoms with Crippen LogP contribution in [-0.2, 0) is 11.3 Å². The number of hydrogen-bond acceptors (Lipinski definition) is 4.